The summed E-state index contributed by atoms with van der Waals surface area (Å²) in [6.45, 7) is 4.12. The molecule has 1 aromatic carbocycles. The first-order valence-electron chi connectivity index (χ1n) is 5.91. The zero-order chi connectivity index (χ0) is 13.1. The van der Waals surface area contributed by atoms with Gasteiger partial charge < -0.3 is 5.32 Å². The van der Waals surface area contributed by atoms with Crippen molar-refractivity contribution >= 4 is 16.3 Å². The highest BCUT2D eigenvalue weighted by molar-refractivity contribution is 7.16. The van der Waals surface area contributed by atoms with Crippen molar-refractivity contribution in [2.75, 3.05) is 12.4 Å². The van der Waals surface area contributed by atoms with Crippen LogP contribution in [-0.2, 0) is 6.42 Å². The van der Waals surface area contributed by atoms with Gasteiger partial charge in [-0.25, -0.2) is 0 Å². The molecule has 1 heterocycles. The van der Waals surface area contributed by atoms with Gasteiger partial charge in [0.05, 0.1) is 5.56 Å². The zero-order valence-corrected chi connectivity index (χ0v) is 11.7. The van der Waals surface area contributed by atoms with Crippen LogP contribution >= 0.6 is 11.3 Å². The molecule has 2 aromatic rings. The lowest BCUT2D eigenvalue weighted by atomic mass is 10.1. The Morgan fingerprint density at radius 1 is 1.22 bits per heavy atom. The van der Waals surface area contributed by atoms with E-state index in [-0.39, 0.29) is 0 Å². The number of nitrogens with zero attached hydrogens (tertiary/aromatic N) is 1. The molecule has 0 saturated heterocycles. The molecule has 0 fully saturated rings. The Morgan fingerprint density at radius 2 is 1.89 bits per heavy atom. The molecule has 0 spiro atoms. The van der Waals surface area contributed by atoms with Gasteiger partial charge in [0.15, 0.2) is 0 Å². The molecule has 2 rings (SSSR count). The molecule has 0 aliphatic carbocycles. The van der Waals surface area contributed by atoms with E-state index in [1.165, 1.54) is 16.0 Å². The van der Waals surface area contributed by atoms with Crippen molar-refractivity contribution in [3.8, 4) is 6.07 Å². The molecule has 0 unspecified atom stereocenters. The molecule has 0 saturated carbocycles. The first-order valence-corrected chi connectivity index (χ1v) is 6.73. The monoisotopic (exact) mass is 256 g/mol. The summed E-state index contributed by atoms with van der Waals surface area (Å²) in [5, 5.41) is 13.2. The number of hydrogen-bond acceptors (Lipinski definition) is 3. The topological polar surface area (TPSA) is 35.8 Å². The third-order valence-electron chi connectivity index (χ3n) is 3.07. The Kier molecular flexibility index (Phi) is 3.69. The van der Waals surface area contributed by atoms with E-state index < -0.39 is 0 Å². The summed E-state index contributed by atoms with van der Waals surface area (Å²) in [5.41, 5.74) is 4.45. The zero-order valence-electron chi connectivity index (χ0n) is 10.9. The maximum absolute atomic E-state index is 9.16. The van der Waals surface area contributed by atoms with E-state index in [0.717, 1.165) is 22.5 Å². The van der Waals surface area contributed by atoms with E-state index in [1.54, 1.807) is 11.3 Å². The van der Waals surface area contributed by atoms with Gasteiger partial charge in [-0.05, 0) is 25.0 Å². The van der Waals surface area contributed by atoms with Gasteiger partial charge in [-0.15, -0.1) is 11.3 Å². The smallest absolute Gasteiger partial charge is 0.107 e. The summed E-state index contributed by atoms with van der Waals surface area (Å²) in [5.74, 6) is 0. The number of hydrogen-bond donors (Lipinski definition) is 1. The van der Waals surface area contributed by atoms with Gasteiger partial charge in [0.1, 0.15) is 11.1 Å². The number of anilines is 1. The third-order valence-corrected chi connectivity index (χ3v) is 4.38. The van der Waals surface area contributed by atoms with Gasteiger partial charge in [-0.2, -0.15) is 5.26 Å². The van der Waals surface area contributed by atoms with E-state index in [4.69, 9.17) is 5.26 Å². The second-order valence-electron chi connectivity index (χ2n) is 4.38. The maximum Gasteiger partial charge on any atom is 0.107 e. The minimum absolute atomic E-state index is 0.782. The minimum atomic E-state index is 0.782. The van der Waals surface area contributed by atoms with Crippen LogP contribution in [0.1, 0.15) is 27.1 Å². The highest BCUT2D eigenvalue weighted by Crippen LogP contribution is 2.33. The van der Waals surface area contributed by atoms with Gasteiger partial charge in [0, 0.05) is 18.3 Å². The van der Waals surface area contributed by atoms with Crippen molar-refractivity contribution in [3.05, 3.63) is 51.4 Å². The fourth-order valence-electron chi connectivity index (χ4n) is 1.93. The van der Waals surface area contributed by atoms with E-state index in [0.29, 0.717) is 0 Å². The van der Waals surface area contributed by atoms with E-state index in [2.05, 4.69) is 42.6 Å². The van der Waals surface area contributed by atoms with Crippen molar-refractivity contribution in [2.45, 2.75) is 20.3 Å². The lowest BCUT2D eigenvalue weighted by Gasteiger charge is -2.01. The number of nitrogens with one attached hydrogen (secondary N) is 1. The van der Waals surface area contributed by atoms with Crippen molar-refractivity contribution in [2.24, 2.45) is 0 Å². The number of rotatable bonds is 3. The molecule has 0 amide bonds. The lowest BCUT2D eigenvalue weighted by Crippen LogP contribution is -1.89. The van der Waals surface area contributed by atoms with Crippen LogP contribution in [0.15, 0.2) is 24.3 Å². The molecule has 0 atom stereocenters. The van der Waals surface area contributed by atoms with Crippen molar-refractivity contribution in [1.82, 2.24) is 0 Å². The van der Waals surface area contributed by atoms with Crippen LogP contribution in [0.5, 0.6) is 0 Å². The SMILES string of the molecule is CNc1sc(Cc2ccc(C)cc2)c(C)c1C#N. The Balaban J connectivity index is 2.32. The van der Waals surface area contributed by atoms with Crippen LogP contribution in [-0.4, -0.2) is 7.05 Å². The summed E-state index contributed by atoms with van der Waals surface area (Å²) >= 11 is 1.68. The molecule has 1 aromatic heterocycles. The van der Waals surface area contributed by atoms with Crippen LogP contribution in [0.4, 0.5) is 5.00 Å². The largest absolute Gasteiger partial charge is 0.379 e. The van der Waals surface area contributed by atoms with E-state index in [1.807, 2.05) is 14.0 Å². The second kappa shape index (κ2) is 5.24. The Morgan fingerprint density at radius 3 is 2.39 bits per heavy atom. The molecule has 1 N–H and O–H groups in total. The number of nitriles is 1. The van der Waals surface area contributed by atoms with Crippen LogP contribution in [0.25, 0.3) is 0 Å². The van der Waals surface area contributed by atoms with Crippen molar-refractivity contribution in [1.29, 1.82) is 5.26 Å². The van der Waals surface area contributed by atoms with Crippen LogP contribution in [0.3, 0.4) is 0 Å². The van der Waals surface area contributed by atoms with E-state index >= 15 is 0 Å². The molecule has 0 radical (unpaired) electrons. The standard InChI is InChI=1S/C15H16N2S/c1-10-4-6-12(7-5-10)8-14-11(2)13(9-16)15(17-3)18-14/h4-7,17H,8H2,1-3H3. The Bertz CT molecular complexity index is 588. The number of benzene rings is 1. The number of aryl methyl sites for hydroxylation is 1. The first kappa shape index (κ1) is 12.7. The summed E-state index contributed by atoms with van der Waals surface area (Å²) in [6.07, 6.45) is 0.896. The molecule has 3 heteroatoms. The molecule has 0 aliphatic heterocycles. The molecule has 18 heavy (non-hydrogen) atoms. The molecule has 2 nitrogen and oxygen atoms in total. The lowest BCUT2D eigenvalue weighted by molar-refractivity contribution is 1.20. The highest BCUT2D eigenvalue weighted by Gasteiger charge is 2.13. The second-order valence-corrected chi connectivity index (χ2v) is 5.48. The van der Waals surface area contributed by atoms with Crippen LogP contribution in [0, 0.1) is 25.2 Å². The predicted octanol–water partition coefficient (Wildman–Crippen LogP) is 3.87. The van der Waals surface area contributed by atoms with Crippen molar-refractivity contribution < 1.29 is 0 Å². The molecule has 0 aliphatic rings. The summed E-state index contributed by atoms with van der Waals surface area (Å²) < 4.78 is 0. The average molecular weight is 256 g/mol. The molecular weight excluding hydrogens is 240 g/mol. The Labute approximate surface area is 112 Å². The van der Waals surface area contributed by atoms with Gasteiger partial charge in [-0.1, -0.05) is 29.8 Å². The molecule has 0 bridgehead atoms. The van der Waals surface area contributed by atoms with Gasteiger partial charge in [0.2, 0.25) is 0 Å². The van der Waals surface area contributed by atoms with Gasteiger partial charge in [-0.3, -0.25) is 0 Å². The van der Waals surface area contributed by atoms with Gasteiger partial charge >= 0.3 is 0 Å². The Hall–Kier alpha value is -1.79. The summed E-state index contributed by atoms with van der Waals surface area (Å²) in [6, 6.07) is 10.8. The highest BCUT2D eigenvalue weighted by atomic mass is 32.1. The van der Waals surface area contributed by atoms with Crippen LogP contribution in [0.2, 0.25) is 0 Å². The average Bonchev–Trinajstić information content (AvgIpc) is 2.68. The fourth-order valence-corrected chi connectivity index (χ4v) is 3.07. The maximum atomic E-state index is 9.16. The van der Waals surface area contributed by atoms with Crippen LogP contribution < -0.4 is 5.32 Å². The minimum Gasteiger partial charge on any atom is -0.379 e. The third kappa shape index (κ3) is 2.39. The normalized spacial score (nSPS) is 10.1. The first-order chi connectivity index (χ1) is 8.65. The van der Waals surface area contributed by atoms with E-state index in [9.17, 15) is 0 Å². The van der Waals surface area contributed by atoms with Crippen molar-refractivity contribution in [3.63, 3.8) is 0 Å². The fraction of sp³-hybridized carbons (Fsp3) is 0.267. The quantitative estimate of drug-likeness (QED) is 0.905. The van der Waals surface area contributed by atoms with Gasteiger partial charge in [0.25, 0.3) is 0 Å². The molecular formula is C15H16N2S. The number of thiophene rings is 1. The predicted molar refractivity (Wildman–Crippen MR) is 77.3 cm³/mol. The summed E-state index contributed by atoms with van der Waals surface area (Å²) in [4.78, 5) is 1.26. The molecule has 92 valence electrons. The summed E-state index contributed by atoms with van der Waals surface area (Å²) in [7, 11) is 1.86.